The van der Waals surface area contributed by atoms with Gasteiger partial charge in [0.25, 0.3) is 0 Å². The molecular formula is C10H6N2O3S. The summed E-state index contributed by atoms with van der Waals surface area (Å²) in [5.74, 6) is 1.87. The summed E-state index contributed by atoms with van der Waals surface area (Å²) in [5.41, 5.74) is 2.07. The normalized spacial score (nSPS) is 9.31. The molecule has 0 aromatic carbocycles. The van der Waals surface area contributed by atoms with Crippen LogP contribution in [0.25, 0.3) is 10.7 Å². The Kier molecular flexibility index (Phi) is 2.98. The lowest BCUT2D eigenvalue weighted by Gasteiger charge is -1.84. The largest absolute Gasteiger partial charge is 0.423 e. The standard InChI is InChI=1S/C10H6N2O3S/c1-7-3-4-8(16-7)9-11-10(15-12-9)14-6-2-5-13/h3-4,6H,1H3. The maximum absolute atomic E-state index is 9.81. The molecule has 5 nitrogen and oxygen atoms in total. The Bertz CT molecular complexity index is 574. The molecule has 0 saturated carbocycles. The molecule has 16 heavy (non-hydrogen) atoms. The van der Waals surface area contributed by atoms with Crippen molar-refractivity contribution in [2.45, 2.75) is 6.92 Å². The molecule has 0 saturated heterocycles. The summed E-state index contributed by atoms with van der Waals surface area (Å²) in [7, 11) is 0. The average molecular weight is 234 g/mol. The fourth-order valence-corrected chi connectivity index (χ4v) is 1.81. The molecule has 0 unspecified atom stereocenters. The van der Waals surface area contributed by atoms with Crippen LogP contribution in [0.5, 0.6) is 6.08 Å². The lowest BCUT2D eigenvalue weighted by Crippen LogP contribution is -1.80. The van der Waals surface area contributed by atoms with Crippen molar-refractivity contribution in [1.82, 2.24) is 10.1 Å². The number of rotatable bonds is 3. The number of thiophene rings is 1. The van der Waals surface area contributed by atoms with Crippen LogP contribution in [-0.2, 0) is 4.79 Å². The second-order valence-corrected chi connectivity index (χ2v) is 4.06. The maximum Gasteiger partial charge on any atom is 0.423 e. The summed E-state index contributed by atoms with van der Waals surface area (Å²) in [6, 6.07) is 3.86. The Morgan fingerprint density at radius 2 is 2.44 bits per heavy atom. The number of nitrogens with zero attached hydrogens (tertiary/aromatic N) is 2. The number of aryl methyl sites for hydroxylation is 1. The predicted molar refractivity (Wildman–Crippen MR) is 56.8 cm³/mol. The van der Waals surface area contributed by atoms with Crippen LogP contribution in [0.4, 0.5) is 0 Å². The third-order valence-electron chi connectivity index (χ3n) is 1.65. The van der Waals surface area contributed by atoms with Gasteiger partial charge in [-0.05, 0) is 19.1 Å². The molecule has 0 fully saturated rings. The summed E-state index contributed by atoms with van der Waals surface area (Å²) in [5, 5.41) is 3.73. The van der Waals surface area contributed by atoms with Crippen molar-refractivity contribution in [2.75, 3.05) is 0 Å². The van der Waals surface area contributed by atoms with E-state index in [2.05, 4.69) is 15.9 Å². The van der Waals surface area contributed by atoms with Crippen molar-refractivity contribution in [1.29, 1.82) is 0 Å². The van der Waals surface area contributed by atoms with Gasteiger partial charge in [-0.25, -0.2) is 4.79 Å². The van der Waals surface area contributed by atoms with Crippen LogP contribution in [-0.4, -0.2) is 16.1 Å². The van der Waals surface area contributed by atoms with E-state index in [1.807, 2.05) is 19.1 Å². The number of hydrogen-bond acceptors (Lipinski definition) is 6. The van der Waals surface area contributed by atoms with E-state index >= 15 is 0 Å². The first kappa shape index (κ1) is 10.4. The fourth-order valence-electron chi connectivity index (χ4n) is 1.02. The zero-order chi connectivity index (χ0) is 11.4. The highest BCUT2D eigenvalue weighted by Gasteiger charge is 2.10. The SMILES string of the molecule is Cc1ccc(-c2noc(OC=C=C=O)n2)s1. The van der Waals surface area contributed by atoms with Gasteiger partial charge in [0.15, 0.2) is 5.94 Å². The van der Waals surface area contributed by atoms with Crippen LogP contribution in [0.2, 0.25) is 0 Å². The van der Waals surface area contributed by atoms with E-state index in [0.29, 0.717) is 5.82 Å². The average Bonchev–Trinajstić information content (AvgIpc) is 2.87. The molecule has 0 bridgehead atoms. The second-order valence-electron chi connectivity index (χ2n) is 2.78. The van der Waals surface area contributed by atoms with E-state index in [0.717, 1.165) is 16.0 Å². The van der Waals surface area contributed by atoms with Crippen molar-refractivity contribution in [3.8, 4) is 16.8 Å². The Morgan fingerprint density at radius 3 is 3.12 bits per heavy atom. The van der Waals surface area contributed by atoms with Gasteiger partial charge < -0.3 is 4.74 Å². The second kappa shape index (κ2) is 4.59. The summed E-state index contributed by atoms with van der Waals surface area (Å²) >= 11 is 1.55. The first-order chi connectivity index (χ1) is 7.79. The van der Waals surface area contributed by atoms with Crippen LogP contribution < -0.4 is 4.74 Å². The first-order valence-electron chi connectivity index (χ1n) is 4.31. The van der Waals surface area contributed by atoms with Crippen molar-refractivity contribution in [3.63, 3.8) is 0 Å². The van der Waals surface area contributed by atoms with E-state index in [-0.39, 0.29) is 6.08 Å². The molecule has 0 N–H and O–H groups in total. The molecule has 2 aromatic heterocycles. The molecule has 2 aromatic rings. The van der Waals surface area contributed by atoms with E-state index in [1.165, 1.54) is 5.94 Å². The number of hydrogen-bond donors (Lipinski definition) is 0. The van der Waals surface area contributed by atoms with Gasteiger partial charge in [0.2, 0.25) is 5.82 Å². The zero-order valence-corrected chi connectivity index (χ0v) is 9.08. The number of ether oxygens (including phenoxy) is 1. The molecule has 0 amide bonds. The Morgan fingerprint density at radius 1 is 1.56 bits per heavy atom. The molecule has 0 atom stereocenters. The van der Waals surface area contributed by atoms with Crippen molar-refractivity contribution < 1.29 is 14.1 Å². The van der Waals surface area contributed by atoms with Crippen LogP contribution in [0.15, 0.2) is 28.6 Å². The van der Waals surface area contributed by atoms with Gasteiger partial charge in [0.1, 0.15) is 6.26 Å². The van der Waals surface area contributed by atoms with Crippen LogP contribution in [0.1, 0.15) is 4.88 Å². The van der Waals surface area contributed by atoms with Gasteiger partial charge in [-0.3, -0.25) is 4.52 Å². The van der Waals surface area contributed by atoms with Gasteiger partial charge in [0.05, 0.1) is 4.88 Å². The van der Waals surface area contributed by atoms with Crippen molar-refractivity contribution in [3.05, 3.63) is 29.0 Å². The number of aromatic nitrogens is 2. The summed E-state index contributed by atoms with van der Waals surface area (Å²) in [6.45, 7) is 1.99. The lowest BCUT2D eigenvalue weighted by atomic mass is 10.4. The Labute approximate surface area is 94.7 Å². The summed E-state index contributed by atoms with van der Waals surface area (Å²) in [6.07, 6.45) is 0.966. The molecule has 0 aliphatic carbocycles. The zero-order valence-electron chi connectivity index (χ0n) is 8.26. The molecule has 2 heterocycles. The van der Waals surface area contributed by atoms with Crippen molar-refractivity contribution in [2.24, 2.45) is 0 Å². The van der Waals surface area contributed by atoms with Crippen LogP contribution in [0.3, 0.4) is 0 Å². The predicted octanol–water partition coefficient (Wildman–Crippen LogP) is 1.99. The van der Waals surface area contributed by atoms with Gasteiger partial charge in [-0.15, -0.1) is 11.3 Å². The quantitative estimate of drug-likeness (QED) is 0.461. The third kappa shape index (κ3) is 2.27. The molecule has 80 valence electrons. The van der Waals surface area contributed by atoms with Gasteiger partial charge in [0, 0.05) is 10.6 Å². The highest BCUT2D eigenvalue weighted by molar-refractivity contribution is 7.15. The summed E-state index contributed by atoms with van der Waals surface area (Å²) < 4.78 is 9.62. The lowest BCUT2D eigenvalue weighted by molar-refractivity contribution is 0.279. The Hall–Kier alpha value is -2.13. The van der Waals surface area contributed by atoms with E-state index in [9.17, 15) is 4.79 Å². The Balaban J connectivity index is 2.19. The molecule has 0 radical (unpaired) electrons. The van der Waals surface area contributed by atoms with E-state index < -0.39 is 0 Å². The highest BCUT2D eigenvalue weighted by atomic mass is 32.1. The first-order valence-corrected chi connectivity index (χ1v) is 5.13. The summed E-state index contributed by atoms with van der Waals surface area (Å²) in [4.78, 5) is 15.8. The molecule has 6 heteroatoms. The minimum Gasteiger partial charge on any atom is -0.408 e. The topological polar surface area (TPSA) is 65.2 Å². The minimum absolute atomic E-state index is 0.0381. The third-order valence-corrected chi connectivity index (χ3v) is 2.64. The smallest absolute Gasteiger partial charge is 0.408 e. The van der Waals surface area contributed by atoms with Gasteiger partial charge in [-0.1, -0.05) is 5.16 Å². The van der Waals surface area contributed by atoms with Gasteiger partial charge >= 0.3 is 6.08 Å². The van der Waals surface area contributed by atoms with Crippen LogP contribution in [0, 0.1) is 6.92 Å². The molecule has 0 aliphatic heterocycles. The molecular weight excluding hydrogens is 228 g/mol. The minimum atomic E-state index is -0.0381. The fraction of sp³-hybridized carbons (Fsp3) is 0.100. The molecule has 2 rings (SSSR count). The molecule has 0 aliphatic rings. The monoisotopic (exact) mass is 234 g/mol. The van der Waals surface area contributed by atoms with E-state index in [4.69, 9.17) is 9.26 Å². The maximum atomic E-state index is 9.81. The van der Waals surface area contributed by atoms with E-state index in [1.54, 1.807) is 11.3 Å². The number of carbonyl (C=O) groups excluding carboxylic acids is 1. The van der Waals surface area contributed by atoms with Gasteiger partial charge in [-0.2, -0.15) is 4.98 Å². The van der Waals surface area contributed by atoms with Crippen LogP contribution >= 0.6 is 11.3 Å². The molecule has 0 spiro atoms. The highest BCUT2D eigenvalue weighted by Crippen LogP contribution is 2.26. The van der Waals surface area contributed by atoms with Crippen molar-refractivity contribution >= 4 is 17.3 Å².